The Morgan fingerprint density at radius 3 is 2.64 bits per heavy atom. The lowest BCUT2D eigenvalue weighted by Gasteiger charge is -2.13. The molecule has 0 bridgehead atoms. The van der Waals surface area contributed by atoms with E-state index in [1.807, 2.05) is 0 Å². The molecule has 1 aromatic heterocycles. The molecule has 0 saturated carbocycles. The number of fused-ring (bicyclic) bond motifs is 1. The summed E-state index contributed by atoms with van der Waals surface area (Å²) in [5, 5.41) is 12.1. The second-order valence-corrected chi connectivity index (χ2v) is 5.69. The van der Waals surface area contributed by atoms with Crippen LogP contribution in [0, 0.1) is 11.3 Å². The van der Waals surface area contributed by atoms with E-state index in [-0.39, 0.29) is 5.76 Å². The monoisotopic (exact) mass is 386 g/mol. The van der Waals surface area contributed by atoms with E-state index in [1.165, 1.54) is 19.2 Å². The van der Waals surface area contributed by atoms with Gasteiger partial charge < -0.3 is 14.5 Å². The van der Waals surface area contributed by atoms with Crippen LogP contribution >= 0.6 is 0 Å². The van der Waals surface area contributed by atoms with Gasteiger partial charge in [0.2, 0.25) is 0 Å². The van der Waals surface area contributed by atoms with Crippen molar-refractivity contribution in [3.8, 4) is 11.8 Å². The van der Waals surface area contributed by atoms with Crippen LogP contribution in [-0.2, 0) is 11.0 Å². The predicted octanol–water partition coefficient (Wildman–Crippen LogP) is 5.01. The number of hydrogen-bond donors (Lipinski definition) is 1. The summed E-state index contributed by atoms with van der Waals surface area (Å²) in [5.74, 6) is -0.318. The van der Waals surface area contributed by atoms with Gasteiger partial charge in [0.05, 0.1) is 18.4 Å². The molecule has 1 amide bonds. The van der Waals surface area contributed by atoms with Crippen molar-refractivity contribution in [1.29, 1.82) is 5.26 Å². The first-order valence-corrected chi connectivity index (χ1v) is 7.99. The van der Waals surface area contributed by atoms with Gasteiger partial charge in [-0.05, 0) is 24.3 Å². The summed E-state index contributed by atoms with van der Waals surface area (Å²) in [4.78, 5) is 12.3. The van der Waals surface area contributed by atoms with Gasteiger partial charge in [0, 0.05) is 11.5 Å². The van der Waals surface area contributed by atoms with Crippen molar-refractivity contribution in [2.75, 3.05) is 12.4 Å². The number of nitriles is 1. The molecule has 0 spiro atoms. The molecule has 0 atom stereocenters. The number of para-hydroxylation sites is 2. The van der Waals surface area contributed by atoms with Crippen LogP contribution in [0.4, 0.5) is 18.9 Å². The standard InChI is InChI=1S/C20H13F3N2O3/c1-27-17-8-4-5-12-9-14(28-18(12)17)10-13(11-24)19(26)25-16-7-3-2-6-15(16)20(21,22)23/h2-10H,1H3,(H,25,26)/b13-10+. The normalized spacial score (nSPS) is 11.9. The van der Waals surface area contributed by atoms with E-state index in [2.05, 4.69) is 5.32 Å². The van der Waals surface area contributed by atoms with Crippen LogP contribution in [0.25, 0.3) is 17.0 Å². The summed E-state index contributed by atoms with van der Waals surface area (Å²) < 4.78 is 49.9. The lowest BCUT2D eigenvalue weighted by atomic mass is 10.1. The van der Waals surface area contributed by atoms with Crippen molar-refractivity contribution in [2.24, 2.45) is 0 Å². The molecular weight excluding hydrogens is 373 g/mol. The van der Waals surface area contributed by atoms with Gasteiger partial charge in [-0.2, -0.15) is 18.4 Å². The van der Waals surface area contributed by atoms with E-state index in [0.717, 1.165) is 18.2 Å². The second-order valence-electron chi connectivity index (χ2n) is 5.69. The van der Waals surface area contributed by atoms with E-state index >= 15 is 0 Å². The largest absolute Gasteiger partial charge is 0.493 e. The van der Waals surface area contributed by atoms with Gasteiger partial charge in [0.25, 0.3) is 5.91 Å². The van der Waals surface area contributed by atoms with E-state index in [9.17, 15) is 23.2 Å². The highest BCUT2D eigenvalue weighted by atomic mass is 19.4. The van der Waals surface area contributed by atoms with E-state index in [0.29, 0.717) is 16.7 Å². The molecule has 5 nitrogen and oxygen atoms in total. The maximum Gasteiger partial charge on any atom is 0.418 e. The average molecular weight is 386 g/mol. The maximum atomic E-state index is 13.1. The third-order valence-corrected chi connectivity index (χ3v) is 3.88. The topological polar surface area (TPSA) is 75.3 Å². The number of hydrogen-bond acceptors (Lipinski definition) is 4. The second kappa shape index (κ2) is 7.48. The number of nitrogens with zero attached hydrogens (tertiary/aromatic N) is 1. The maximum absolute atomic E-state index is 13.1. The number of ether oxygens (including phenoxy) is 1. The Labute approximate surface area is 157 Å². The molecular formula is C20H13F3N2O3. The summed E-state index contributed by atoms with van der Waals surface area (Å²) in [5.41, 5.74) is -1.42. The van der Waals surface area contributed by atoms with Crippen LogP contribution in [-0.4, -0.2) is 13.0 Å². The van der Waals surface area contributed by atoms with E-state index < -0.39 is 28.9 Å². The molecule has 0 aliphatic carbocycles. The third-order valence-electron chi connectivity index (χ3n) is 3.88. The minimum Gasteiger partial charge on any atom is -0.493 e. The molecule has 0 unspecified atom stereocenters. The van der Waals surface area contributed by atoms with Crippen LogP contribution in [0.1, 0.15) is 11.3 Å². The van der Waals surface area contributed by atoms with Gasteiger partial charge in [-0.25, -0.2) is 0 Å². The summed E-state index contributed by atoms with van der Waals surface area (Å²) in [6.07, 6.45) is -3.49. The van der Waals surface area contributed by atoms with Crippen molar-refractivity contribution in [1.82, 2.24) is 0 Å². The van der Waals surface area contributed by atoms with Gasteiger partial charge in [-0.1, -0.05) is 24.3 Å². The molecule has 28 heavy (non-hydrogen) atoms. The van der Waals surface area contributed by atoms with Crippen molar-refractivity contribution < 1.29 is 27.1 Å². The first kappa shape index (κ1) is 19.0. The Bertz CT molecular complexity index is 1110. The summed E-state index contributed by atoms with van der Waals surface area (Å²) in [6, 6.07) is 13.0. The van der Waals surface area contributed by atoms with Crippen molar-refractivity contribution >= 4 is 28.6 Å². The highest BCUT2D eigenvalue weighted by Gasteiger charge is 2.33. The number of anilines is 1. The van der Waals surface area contributed by atoms with Crippen molar-refractivity contribution in [3.05, 3.63) is 65.4 Å². The molecule has 3 rings (SSSR count). The minimum absolute atomic E-state index is 0.190. The lowest BCUT2D eigenvalue weighted by molar-refractivity contribution is -0.137. The van der Waals surface area contributed by atoms with Crippen LogP contribution in [0.3, 0.4) is 0 Å². The van der Waals surface area contributed by atoms with Gasteiger partial charge in [-0.3, -0.25) is 4.79 Å². The number of furan rings is 1. The van der Waals surface area contributed by atoms with Crippen LogP contribution in [0.2, 0.25) is 0 Å². The van der Waals surface area contributed by atoms with Gasteiger partial charge in [0.1, 0.15) is 17.4 Å². The lowest BCUT2D eigenvalue weighted by Crippen LogP contribution is -2.17. The van der Waals surface area contributed by atoms with Crippen LogP contribution in [0.5, 0.6) is 5.75 Å². The molecule has 0 saturated heterocycles. The van der Waals surface area contributed by atoms with Crippen molar-refractivity contribution in [2.45, 2.75) is 6.18 Å². The van der Waals surface area contributed by atoms with Crippen LogP contribution in [0.15, 0.2) is 58.5 Å². The first-order valence-electron chi connectivity index (χ1n) is 7.99. The number of nitrogens with one attached hydrogen (secondary N) is 1. The Morgan fingerprint density at radius 2 is 1.96 bits per heavy atom. The fourth-order valence-electron chi connectivity index (χ4n) is 2.61. The molecule has 1 heterocycles. The Hall–Kier alpha value is -3.73. The molecule has 2 aromatic carbocycles. The molecule has 0 aliphatic heterocycles. The zero-order valence-electron chi connectivity index (χ0n) is 14.5. The van der Waals surface area contributed by atoms with Crippen LogP contribution < -0.4 is 10.1 Å². The highest BCUT2D eigenvalue weighted by Crippen LogP contribution is 2.35. The number of halogens is 3. The fourth-order valence-corrected chi connectivity index (χ4v) is 2.61. The van der Waals surface area contributed by atoms with Crippen molar-refractivity contribution in [3.63, 3.8) is 0 Å². The van der Waals surface area contributed by atoms with E-state index in [1.54, 1.807) is 30.3 Å². The Balaban J connectivity index is 1.92. The smallest absolute Gasteiger partial charge is 0.418 e. The molecule has 0 aliphatic rings. The first-order chi connectivity index (χ1) is 13.3. The number of benzene rings is 2. The zero-order chi connectivity index (χ0) is 20.3. The molecule has 3 aromatic rings. The Morgan fingerprint density at radius 1 is 1.21 bits per heavy atom. The molecule has 1 N–H and O–H groups in total. The Kier molecular flexibility index (Phi) is 5.09. The number of rotatable bonds is 4. The van der Waals surface area contributed by atoms with Gasteiger partial charge in [0.15, 0.2) is 11.3 Å². The van der Waals surface area contributed by atoms with Gasteiger partial charge in [-0.15, -0.1) is 0 Å². The molecule has 0 fully saturated rings. The summed E-state index contributed by atoms with van der Waals surface area (Å²) in [7, 11) is 1.47. The van der Waals surface area contributed by atoms with E-state index in [4.69, 9.17) is 9.15 Å². The quantitative estimate of drug-likeness (QED) is 0.505. The number of carbonyl (C=O) groups excluding carboxylic acids is 1. The molecule has 0 radical (unpaired) electrons. The predicted molar refractivity (Wildman–Crippen MR) is 96.4 cm³/mol. The highest BCUT2D eigenvalue weighted by molar-refractivity contribution is 6.10. The summed E-state index contributed by atoms with van der Waals surface area (Å²) >= 11 is 0. The fraction of sp³-hybridized carbons (Fsp3) is 0.100. The molecule has 8 heteroatoms. The van der Waals surface area contributed by atoms with Gasteiger partial charge >= 0.3 is 6.18 Å². The number of alkyl halides is 3. The zero-order valence-corrected chi connectivity index (χ0v) is 14.5. The third kappa shape index (κ3) is 3.83. The number of methoxy groups -OCH3 is 1. The number of carbonyl (C=O) groups is 1. The summed E-state index contributed by atoms with van der Waals surface area (Å²) in [6.45, 7) is 0. The average Bonchev–Trinajstić information content (AvgIpc) is 3.08. The number of amides is 1. The minimum atomic E-state index is -4.64. The molecule has 142 valence electrons. The SMILES string of the molecule is COc1cccc2cc(/C=C(\C#N)C(=O)Nc3ccccc3C(F)(F)F)oc12.